The van der Waals surface area contributed by atoms with Gasteiger partial charge < -0.3 is 18.9 Å². The van der Waals surface area contributed by atoms with Gasteiger partial charge in [-0.3, -0.25) is 0 Å². The van der Waals surface area contributed by atoms with E-state index in [4.69, 9.17) is 18.9 Å². The molecule has 2 aliphatic rings. The van der Waals surface area contributed by atoms with Gasteiger partial charge in [0.1, 0.15) is 0 Å². The molecule has 22 heavy (non-hydrogen) atoms. The molecule has 0 aliphatic carbocycles. The van der Waals surface area contributed by atoms with Crippen LogP contribution in [0.2, 0.25) is 0 Å². The topological polar surface area (TPSA) is 36.9 Å². The van der Waals surface area contributed by atoms with Crippen LogP contribution < -0.4 is 0 Å². The molecule has 0 unspecified atom stereocenters. The molecule has 0 bridgehead atoms. The molecule has 4 nitrogen and oxygen atoms in total. The Bertz CT molecular complexity index is 537. The Balaban J connectivity index is 0.000000131. The van der Waals surface area contributed by atoms with E-state index in [-0.39, 0.29) is 12.6 Å². The van der Waals surface area contributed by atoms with Crippen molar-refractivity contribution < 1.29 is 18.9 Å². The summed E-state index contributed by atoms with van der Waals surface area (Å²) in [5.41, 5.74) is 2.22. The van der Waals surface area contributed by atoms with Crippen LogP contribution in [0.5, 0.6) is 0 Å². The maximum Gasteiger partial charge on any atom is 0.184 e. The largest absolute Gasteiger partial charge is 0.346 e. The van der Waals surface area contributed by atoms with E-state index in [0.717, 1.165) is 18.7 Å². The van der Waals surface area contributed by atoms with Gasteiger partial charge >= 0.3 is 0 Å². The maximum absolute atomic E-state index is 5.32. The molecule has 0 aromatic carbocycles. The first-order chi connectivity index (χ1) is 10.7. The Labute approximate surface area is 153 Å². The summed E-state index contributed by atoms with van der Waals surface area (Å²) in [6.07, 6.45) is -0.255. The molecule has 8 heteroatoms. The first kappa shape index (κ1) is 17.0. The molecule has 0 N–H and O–H groups in total. The second kappa shape index (κ2) is 8.34. The Morgan fingerprint density at radius 3 is 1.36 bits per heavy atom. The van der Waals surface area contributed by atoms with Crippen LogP contribution >= 0.6 is 54.5 Å². The van der Waals surface area contributed by atoms with Gasteiger partial charge in [-0.05, 0) is 44.0 Å². The molecule has 0 saturated carbocycles. The van der Waals surface area contributed by atoms with Crippen LogP contribution in [0, 0.1) is 0 Å². The fourth-order valence-electron chi connectivity index (χ4n) is 2.00. The van der Waals surface area contributed by atoms with Crippen LogP contribution in [0.3, 0.4) is 0 Å². The first-order valence-electron chi connectivity index (χ1n) is 6.66. The first-order valence-corrected chi connectivity index (χ1v) is 10.0. The third-order valence-corrected chi connectivity index (χ3v) is 6.01. The third-order valence-electron chi connectivity index (χ3n) is 2.96. The molecule has 2 saturated heterocycles. The summed E-state index contributed by atoms with van der Waals surface area (Å²) in [6, 6.07) is 4.06. The lowest BCUT2D eigenvalue weighted by molar-refractivity contribution is -0.0440. The van der Waals surface area contributed by atoms with E-state index in [1.165, 1.54) is 0 Å². The molecule has 2 aliphatic heterocycles. The van der Waals surface area contributed by atoms with E-state index >= 15 is 0 Å². The van der Waals surface area contributed by atoms with Gasteiger partial charge in [-0.15, -0.1) is 22.7 Å². The number of hydrogen-bond donors (Lipinski definition) is 0. The zero-order chi connectivity index (χ0) is 15.4. The summed E-state index contributed by atoms with van der Waals surface area (Å²) in [7, 11) is 0. The monoisotopic (exact) mass is 468 g/mol. The lowest BCUT2D eigenvalue weighted by Crippen LogP contribution is -1.94. The lowest BCUT2D eigenvalue weighted by atomic mass is 10.3. The molecule has 2 aromatic heterocycles. The highest BCUT2D eigenvalue weighted by Gasteiger charge is 2.19. The second-order valence-electron chi connectivity index (χ2n) is 4.52. The van der Waals surface area contributed by atoms with Crippen molar-refractivity contribution in [2.24, 2.45) is 0 Å². The van der Waals surface area contributed by atoms with Gasteiger partial charge in [0.2, 0.25) is 0 Å². The smallest absolute Gasteiger partial charge is 0.184 e. The fraction of sp³-hybridized carbons (Fsp3) is 0.429. The molecule has 0 spiro atoms. The predicted octanol–water partition coefficient (Wildman–Crippen LogP) is 5.11. The summed E-state index contributed by atoms with van der Waals surface area (Å²) in [6.45, 7) is 2.83. The summed E-state index contributed by atoms with van der Waals surface area (Å²) in [5.74, 6) is 0. The molecule has 0 radical (unpaired) electrons. The number of rotatable bonds is 2. The van der Waals surface area contributed by atoms with Crippen LogP contribution in [0.1, 0.15) is 23.7 Å². The normalized spacial score (nSPS) is 19.4. The van der Waals surface area contributed by atoms with Gasteiger partial charge in [-0.1, -0.05) is 0 Å². The molecule has 120 valence electrons. The molecule has 0 amide bonds. The van der Waals surface area contributed by atoms with E-state index in [1.54, 1.807) is 22.7 Å². The minimum atomic E-state index is -0.127. The molecule has 0 atom stereocenters. The van der Waals surface area contributed by atoms with E-state index < -0.39 is 0 Å². The average Bonchev–Trinajstić information content (AvgIpc) is 3.28. The quantitative estimate of drug-likeness (QED) is 0.612. The van der Waals surface area contributed by atoms with Crippen LogP contribution in [0.15, 0.2) is 30.5 Å². The molecule has 2 aromatic rings. The van der Waals surface area contributed by atoms with Crippen LogP contribution in [0.25, 0.3) is 0 Å². The number of halogens is 2. The summed E-state index contributed by atoms with van der Waals surface area (Å²) in [4.78, 5) is 0. The average molecular weight is 470 g/mol. The molecule has 4 rings (SSSR count). The Hall–Kier alpha value is 0.200. The van der Waals surface area contributed by atoms with Gasteiger partial charge in [-0.2, -0.15) is 0 Å². The number of thiophene rings is 2. The van der Waals surface area contributed by atoms with E-state index in [0.29, 0.717) is 26.4 Å². The van der Waals surface area contributed by atoms with Gasteiger partial charge in [-0.25, -0.2) is 0 Å². The summed E-state index contributed by atoms with van der Waals surface area (Å²) >= 11 is 10.1. The van der Waals surface area contributed by atoms with Crippen LogP contribution in [0.4, 0.5) is 0 Å². The van der Waals surface area contributed by atoms with Crippen molar-refractivity contribution in [3.05, 3.63) is 41.6 Å². The molecule has 4 heterocycles. The second-order valence-corrected chi connectivity index (χ2v) is 9.10. The third kappa shape index (κ3) is 4.61. The van der Waals surface area contributed by atoms with Crippen molar-refractivity contribution in [3.63, 3.8) is 0 Å². The Morgan fingerprint density at radius 2 is 1.09 bits per heavy atom. The van der Waals surface area contributed by atoms with Crippen molar-refractivity contribution in [1.29, 1.82) is 0 Å². The van der Waals surface area contributed by atoms with Gasteiger partial charge in [0.25, 0.3) is 0 Å². The van der Waals surface area contributed by atoms with E-state index in [2.05, 4.69) is 31.9 Å². The minimum Gasteiger partial charge on any atom is -0.346 e. The molecule has 2 fully saturated rings. The minimum absolute atomic E-state index is 0.127. The van der Waals surface area contributed by atoms with Crippen LogP contribution in [-0.2, 0) is 18.9 Å². The van der Waals surface area contributed by atoms with E-state index in [1.807, 2.05) is 22.9 Å². The summed E-state index contributed by atoms with van der Waals surface area (Å²) < 4.78 is 23.5. The van der Waals surface area contributed by atoms with Gasteiger partial charge in [0.05, 0.1) is 34.0 Å². The Morgan fingerprint density at radius 1 is 0.727 bits per heavy atom. The van der Waals surface area contributed by atoms with Crippen molar-refractivity contribution in [1.82, 2.24) is 0 Å². The molecular weight excluding hydrogens is 456 g/mol. The standard InChI is InChI=1S/2C7H7BrO2S/c2*8-6-3-5(4-11-6)7-9-1-2-10-7/h2*3-4,7H,1-2H2. The van der Waals surface area contributed by atoms with Crippen molar-refractivity contribution in [2.45, 2.75) is 12.6 Å². The predicted molar refractivity (Wildman–Crippen MR) is 93.3 cm³/mol. The zero-order valence-corrected chi connectivity index (χ0v) is 16.3. The molecular formula is C14H14Br2O4S2. The highest BCUT2D eigenvalue weighted by Crippen LogP contribution is 2.30. The lowest BCUT2D eigenvalue weighted by Gasteiger charge is -2.04. The highest BCUT2D eigenvalue weighted by molar-refractivity contribution is 9.11. The SMILES string of the molecule is Brc1cc(C2OCCO2)cs1.Brc1cc(C2OCCO2)cs1. The maximum atomic E-state index is 5.32. The number of hydrogen-bond acceptors (Lipinski definition) is 6. The van der Waals surface area contributed by atoms with Crippen molar-refractivity contribution >= 4 is 54.5 Å². The number of ether oxygens (including phenoxy) is 4. The Kier molecular flexibility index (Phi) is 6.46. The fourth-order valence-corrected chi connectivity index (χ4v) is 4.35. The highest BCUT2D eigenvalue weighted by atomic mass is 79.9. The van der Waals surface area contributed by atoms with Gasteiger partial charge in [0, 0.05) is 21.9 Å². The van der Waals surface area contributed by atoms with Gasteiger partial charge in [0.15, 0.2) is 12.6 Å². The zero-order valence-electron chi connectivity index (χ0n) is 11.5. The van der Waals surface area contributed by atoms with E-state index in [9.17, 15) is 0 Å². The van der Waals surface area contributed by atoms with Crippen molar-refractivity contribution in [2.75, 3.05) is 26.4 Å². The summed E-state index contributed by atoms with van der Waals surface area (Å²) in [5, 5.41) is 4.08. The van der Waals surface area contributed by atoms with Crippen LogP contribution in [-0.4, -0.2) is 26.4 Å². The van der Waals surface area contributed by atoms with Crippen molar-refractivity contribution in [3.8, 4) is 0 Å².